The molecule has 24 heavy (non-hydrogen) atoms. The maximum absolute atomic E-state index is 12.4. The van der Waals surface area contributed by atoms with Crippen LogP contribution >= 0.6 is 0 Å². The number of nitrogens with zero attached hydrogens (tertiary/aromatic N) is 1. The number of rotatable bonds is 4. The van der Waals surface area contributed by atoms with Gasteiger partial charge >= 0.3 is 6.18 Å². The van der Waals surface area contributed by atoms with Crippen molar-refractivity contribution in [3.8, 4) is 0 Å². The normalized spacial score (nSPS) is 16.8. The van der Waals surface area contributed by atoms with Crippen molar-refractivity contribution in [1.29, 1.82) is 0 Å². The molecule has 2 rings (SSSR count). The lowest BCUT2D eigenvalue weighted by molar-refractivity contribution is -0.149. The summed E-state index contributed by atoms with van der Waals surface area (Å²) in [5.74, 6) is -1.31. The van der Waals surface area contributed by atoms with Gasteiger partial charge in [0.15, 0.2) is 0 Å². The Morgan fingerprint density at radius 1 is 1.29 bits per heavy atom. The van der Waals surface area contributed by atoms with E-state index in [1.54, 1.807) is 25.1 Å². The third kappa shape index (κ3) is 4.70. The molecule has 1 heterocycles. The van der Waals surface area contributed by atoms with E-state index in [9.17, 15) is 22.8 Å². The summed E-state index contributed by atoms with van der Waals surface area (Å²) in [4.78, 5) is 25.2. The lowest BCUT2D eigenvalue weighted by Gasteiger charge is -2.31. The van der Waals surface area contributed by atoms with Crippen LogP contribution in [0.15, 0.2) is 18.2 Å². The van der Waals surface area contributed by atoms with Crippen LogP contribution < -0.4 is 11.1 Å². The summed E-state index contributed by atoms with van der Waals surface area (Å²) < 4.78 is 37.1. The number of aryl methyl sites for hydroxylation is 1. The van der Waals surface area contributed by atoms with E-state index in [-0.39, 0.29) is 30.5 Å². The van der Waals surface area contributed by atoms with Gasteiger partial charge in [0.05, 0.1) is 17.8 Å². The van der Waals surface area contributed by atoms with Crippen LogP contribution in [0.1, 0.15) is 28.8 Å². The molecule has 1 aliphatic rings. The molecule has 1 aromatic rings. The van der Waals surface area contributed by atoms with Gasteiger partial charge in [-0.3, -0.25) is 14.5 Å². The molecule has 5 nitrogen and oxygen atoms in total. The summed E-state index contributed by atoms with van der Waals surface area (Å²) in [7, 11) is 0. The maximum Gasteiger partial charge on any atom is 0.401 e. The number of nitrogens with two attached hydrogens (primary N) is 1. The van der Waals surface area contributed by atoms with Gasteiger partial charge in [-0.25, -0.2) is 0 Å². The van der Waals surface area contributed by atoms with Crippen molar-refractivity contribution >= 4 is 17.5 Å². The molecule has 8 heteroatoms. The fourth-order valence-corrected chi connectivity index (χ4v) is 2.94. The number of hydrogen-bond donors (Lipinski definition) is 2. The second kappa shape index (κ2) is 7.21. The summed E-state index contributed by atoms with van der Waals surface area (Å²) in [6, 6.07) is 5.00. The Hall–Kier alpha value is -2.09. The lowest BCUT2D eigenvalue weighted by Crippen LogP contribution is -2.42. The first-order valence-corrected chi connectivity index (χ1v) is 7.67. The first-order valence-electron chi connectivity index (χ1n) is 7.67. The van der Waals surface area contributed by atoms with Crippen molar-refractivity contribution in [2.45, 2.75) is 25.9 Å². The Morgan fingerprint density at radius 3 is 2.46 bits per heavy atom. The molecule has 0 unspecified atom stereocenters. The van der Waals surface area contributed by atoms with E-state index < -0.39 is 18.6 Å². The predicted molar refractivity (Wildman–Crippen MR) is 83.5 cm³/mol. The van der Waals surface area contributed by atoms with Crippen LogP contribution in [0.25, 0.3) is 0 Å². The lowest BCUT2D eigenvalue weighted by atomic mass is 9.95. The fourth-order valence-electron chi connectivity index (χ4n) is 2.94. The Kier molecular flexibility index (Phi) is 5.48. The summed E-state index contributed by atoms with van der Waals surface area (Å²) in [6.45, 7) is 1.19. The van der Waals surface area contributed by atoms with Gasteiger partial charge in [-0.15, -0.1) is 0 Å². The van der Waals surface area contributed by atoms with Crippen LogP contribution in [0.2, 0.25) is 0 Å². The second-order valence-electron chi connectivity index (χ2n) is 6.02. The number of carbonyl (C=O) groups excluding carboxylic acids is 2. The molecule has 0 radical (unpaired) electrons. The molecule has 0 saturated carbocycles. The van der Waals surface area contributed by atoms with Gasteiger partial charge in [0, 0.05) is 5.92 Å². The van der Waals surface area contributed by atoms with Gasteiger partial charge in [0.1, 0.15) is 0 Å². The van der Waals surface area contributed by atoms with E-state index >= 15 is 0 Å². The number of hydrogen-bond acceptors (Lipinski definition) is 3. The molecule has 2 amide bonds. The zero-order valence-corrected chi connectivity index (χ0v) is 13.3. The smallest absolute Gasteiger partial charge is 0.366 e. The van der Waals surface area contributed by atoms with Crippen molar-refractivity contribution in [2.24, 2.45) is 11.7 Å². The molecule has 3 N–H and O–H groups in total. The van der Waals surface area contributed by atoms with Gasteiger partial charge in [0.2, 0.25) is 5.91 Å². The van der Waals surface area contributed by atoms with E-state index in [0.29, 0.717) is 24.1 Å². The molecule has 1 saturated heterocycles. The first kappa shape index (κ1) is 18.3. The van der Waals surface area contributed by atoms with Crippen LogP contribution in [-0.4, -0.2) is 42.5 Å². The van der Waals surface area contributed by atoms with Gasteiger partial charge in [-0.2, -0.15) is 13.2 Å². The largest absolute Gasteiger partial charge is 0.401 e. The SMILES string of the molecule is Cc1cccc(NC(=O)C2CCN(CC(F)(F)F)CC2)c1C(N)=O. The molecular formula is C16H20F3N3O2. The van der Waals surface area contributed by atoms with E-state index in [1.165, 1.54) is 4.90 Å². The van der Waals surface area contributed by atoms with Crippen molar-refractivity contribution in [3.63, 3.8) is 0 Å². The number of carbonyl (C=O) groups is 2. The number of benzene rings is 1. The highest BCUT2D eigenvalue weighted by Gasteiger charge is 2.34. The molecule has 0 spiro atoms. The fraction of sp³-hybridized carbons (Fsp3) is 0.500. The first-order chi connectivity index (χ1) is 11.2. The second-order valence-corrected chi connectivity index (χ2v) is 6.02. The highest BCUT2D eigenvalue weighted by molar-refractivity contribution is 6.04. The summed E-state index contributed by atoms with van der Waals surface area (Å²) >= 11 is 0. The average molecular weight is 343 g/mol. The molecule has 0 aromatic heterocycles. The van der Waals surface area contributed by atoms with Gasteiger partial charge in [-0.1, -0.05) is 12.1 Å². The molecular weight excluding hydrogens is 323 g/mol. The van der Waals surface area contributed by atoms with Crippen LogP contribution in [0, 0.1) is 12.8 Å². The highest BCUT2D eigenvalue weighted by atomic mass is 19.4. The standard InChI is InChI=1S/C16H20F3N3O2/c1-10-3-2-4-12(13(10)14(20)23)21-15(24)11-5-7-22(8-6-11)9-16(17,18)19/h2-4,11H,5-9H2,1H3,(H2,20,23)(H,21,24). The Morgan fingerprint density at radius 2 is 1.92 bits per heavy atom. The molecule has 1 aromatic carbocycles. The van der Waals surface area contributed by atoms with E-state index in [4.69, 9.17) is 5.73 Å². The van der Waals surface area contributed by atoms with Gasteiger partial charge in [0.25, 0.3) is 5.91 Å². The number of piperidine rings is 1. The van der Waals surface area contributed by atoms with Crippen LogP contribution in [0.5, 0.6) is 0 Å². The van der Waals surface area contributed by atoms with Crippen molar-refractivity contribution in [3.05, 3.63) is 29.3 Å². The Balaban J connectivity index is 1.98. The van der Waals surface area contributed by atoms with E-state index in [2.05, 4.69) is 5.32 Å². The Labute approximate surface area is 138 Å². The summed E-state index contributed by atoms with van der Waals surface area (Å²) in [5, 5.41) is 2.68. The molecule has 1 aliphatic heterocycles. The minimum Gasteiger partial charge on any atom is -0.366 e. The molecule has 132 valence electrons. The molecule has 0 aliphatic carbocycles. The van der Waals surface area contributed by atoms with Crippen molar-refractivity contribution in [1.82, 2.24) is 4.90 Å². The summed E-state index contributed by atoms with van der Waals surface area (Å²) in [6.07, 6.45) is -3.54. The zero-order chi connectivity index (χ0) is 17.9. The number of amides is 2. The molecule has 1 fully saturated rings. The quantitative estimate of drug-likeness (QED) is 0.881. The molecule has 0 bridgehead atoms. The third-order valence-corrected chi connectivity index (χ3v) is 4.14. The van der Waals surface area contributed by atoms with Crippen LogP contribution in [0.3, 0.4) is 0 Å². The highest BCUT2D eigenvalue weighted by Crippen LogP contribution is 2.25. The van der Waals surface area contributed by atoms with E-state index in [0.717, 1.165) is 0 Å². The summed E-state index contributed by atoms with van der Waals surface area (Å²) in [5.41, 5.74) is 6.58. The number of nitrogens with one attached hydrogen (secondary N) is 1. The number of likely N-dealkylation sites (tertiary alicyclic amines) is 1. The predicted octanol–water partition coefficient (Wildman–Crippen LogP) is 2.31. The van der Waals surface area contributed by atoms with Gasteiger partial charge < -0.3 is 11.1 Å². The minimum atomic E-state index is -4.23. The average Bonchev–Trinajstić information content (AvgIpc) is 2.45. The third-order valence-electron chi connectivity index (χ3n) is 4.14. The van der Waals surface area contributed by atoms with Crippen molar-refractivity contribution in [2.75, 3.05) is 25.0 Å². The van der Waals surface area contributed by atoms with Crippen LogP contribution in [-0.2, 0) is 4.79 Å². The maximum atomic E-state index is 12.4. The van der Waals surface area contributed by atoms with Crippen LogP contribution in [0.4, 0.5) is 18.9 Å². The number of anilines is 1. The zero-order valence-electron chi connectivity index (χ0n) is 13.3. The molecule has 0 atom stereocenters. The van der Waals surface area contributed by atoms with Crippen molar-refractivity contribution < 1.29 is 22.8 Å². The number of primary amides is 1. The Bertz CT molecular complexity index is 623. The monoisotopic (exact) mass is 343 g/mol. The minimum absolute atomic E-state index is 0.216. The number of halogens is 3. The topological polar surface area (TPSA) is 75.4 Å². The van der Waals surface area contributed by atoms with Gasteiger partial charge in [-0.05, 0) is 44.5 Å². The number of alkyl halides is 3. The van der Waals surface area contributed by atoms with E-state index in [1.807, 2.05) is 0 Å².